The number of nitrogens with zero attached hydrogens (tertiary/aromatic N) is 4. The highest BCUT2D eigenvalue weighted by Gasteiger charge is 2.44. The minimum absolute atomic E-state index is 0.0392. The third kappa shape index (κ3) is 7.76. The molecule has 1 saturated carbocycles. The van der Waals surface area contributed by atoms with Gasteiger partial charge in [0, 0.05) is 55.9 Å². The Morgan fingerprint density at radius 2 is 2.08 bits per heavy atom. The van der Waals surface area contributed by atoms with E-state index in [0.717, 1.165) is 61.5 Å². The van der Waals surface area contributed by atoms with E-state index < -0.39 is 21.7 Å². The molecule has 1 N–H and O–H groups in total. The Hall–Kier alpha value is -3.67. The average Bonchev–Trinajstić information content (AvgIpc) is 3.44. The van der Waals surface area contributed by atoms with Gasteiger partial charge in [-0.3, -0.25) is 19.0 Å². The molecule has 2 aliphatic heterocycles. The van der Waals surface area contributed by atoms with E-state index in [1.165, 1.54) is 11.1 Å². The number of anilines is 1. The highest BCUT2D eigenvalue weighted by Crippen LogP contribution is 2.47. The van der Waals surface area contributed by atoms with E-state index in [0.29, 0.717) is 42.6 Å². The van der Waals surface area contributed by atoms with Gasteiger partial charge in [-0.25, -0.2) is 4.21 Å². The Morgan fingerprint density at radius 3 is 2.84 bits per heavy atom. The molecule has 3 heterocycles. The fourth-order valence-corrected chi connectivity index (χ4v) is 10.6. The minimum atomic E-state index is -3.46. The van der Waals surface area contributed by atoms with E-state index in [4.69, 9.17) is 21.1 Å². The fraction of sp³-hybridized carbons (Fsp3) is 0.513. The first-order valence-corrected chi connectivity index (χ1v) is 20.2. The van der Waals surface area contributed by atoms with E-state index in [-0.39, 0.29) is 29.6 Å². The highest BCUT2D eigenvalue weighted by atomic mass is 35.5. The lowest BCUT2D eigenvalue weighted by Gasteiger charge is -2.46. The normalized spacial score (nSPS) is 29.8. The quantitative estimate of drug-likeness (QED) is 0.300. The number of rotatable bonds is 5. The molecule has 0 unspecified atom stereocenters. The molecular formula is C39H48ClN5O5S. The zero-order valence-electron chi connectivity index (χ0n) is 29.7. The summed E-state index contributed by atoms with van der Waals surface area (Å²) in [6.45, 7) is 3.99. The van der Waals surface area contributed by atoms with Crippen molar-refractivity contribution >= 4 is 39.0 Å². The highest BCUT2D eigenvalue weighted by molar-refractivity contribution is 7.92. The summed E-state index contributed by atoms with van der Waals surface area (Å²) in [6, 6.07) is 11.6. The largest absolute Gasteiger partial charge is 0.490 e. The summed E-state index contributed by atoms with van der Waals surface area (Å²) >= 11 is 6.46. The Labute approximate surface area is 306 Å². The van der Waals surface area contributed by atoms with Crippen LogP contribution in [-0.2, 0) is 44.8 Å². The first-order chi connectivity index (χ1) is 24.5. The summed E-state index contributed by atoms with van der Waals surface area (Å²) in [6.07, 6.45) is 14.0. The number of aryl methyl sites for hydroxylation is 3. The number of hydrogen-bond acceptors (Lipinski definition) is 7. The zero-order chi connectivity index (χ0) is 35.8. The van der Waals surface area contributed by atoms with Crippen LogP contribution in [0, 0.1) is 17.8 Å². The van der Waals surface area contributed by atoms with Crippen molar-refractivity contribution in [3.63, 3.8) is 0 Å². The van der Waals surface area contributed by atoms with Gasteiger partial charge in [-0.15, -0.1) is 4.36 Å². The molecule has 10 nitrogen and oxygen atoms in total. The maximum Gasteiger partial charge on any atom is 0.286 e. The predicted octanol–water partition coefficient (Wildman–Crippen LogP) is 6.46. The topological polar surface area (TPSA) is 115 Å². The minimum Gasteiger partial charge on any atom is -0.490 e. The molecule has 4 aliphatic rings. The smallest absolute Gasteiger partial charge is 0.286 e. The van der Waals surface area contributed by atoms with Gasteiger partial charge in [0.15, 0.2) is 0 Å². The van der Waals surface area contributed by atoms with Crippen LogP contribution in [0.1, 0.15) is 72.5 Å². The van der Waals surface area contributed by atoms with Crippen LogP contribution in [0.2, 0.25) is 5.02 Å². The molecule has 7 rings (SSSR count). The summed E-state index contributed by atoms with van der Waals surface area (Å²) < 4.78 is 35.8. The molecule has 2 aliphatic carbocycles. The van der Waals surface area contributed by atoms with Crippen molar-refractivity contribution in [1.29, 1.82) is 0 Å². The molecule has 6 atom stereocenters. The second-order valence-electron chi connectivity index (χ2n) is 15.0. The molecule has 1 fully saturated rings. The lowest BCUT2D eigenvalue weighted by Crippen LogP contribution is -2.49. The van der Waals surface area contributed by atoms with Crippen molar-refractivity contribution in [2.24, 2.45) is 29.2 Å². The van der Waals surface area contributed by atoms with Crippen molar-refractivity contribution in [2.45, 2.75) is 69.8 Å². The SMILES string of the molecule is CO[C@H]1/C=C/C[C@H](C)C[S@@](=O)(NC(=O)CCc2cnn(C)c2)=NC(=O)c2ccc3c(c2)N(C[C@@H]2CC[C@H]21)C[C@@]1(CCCc2cc(Cl)ccc21)CO3. The summed E-state index contributed by atoms with van der Waals surface area (Å²) in [4.78, 5) is 29.5. The Kier molecular flexibility index (Phi) is 10.3. The molecule has 1 aromatic heterocycles. The number of halogens is 1. The lowest BCUT2D eigenvalue weighted by molar-refractivity contribution is -0.119. The molecular weight excluding hydrogens is 686 g/mol. The van der Waals surface area contributed by atoms with E-state index in [9.17, 15) is 13.8 Å². The molecule has 2 bridgehead atoms. The van der Waals surface area contributed by atoms with Gasteiger partial charge >= 0.3 is 0 Å². The van der Waals surface area contributed by atoms with E-state index in [2.05, 4.69) is 43.4 Å². The number of hydrogen-bond donors (Lipinski definition) is 1. The number of aromatic nitrogens is 2. The van der Waals surface area contributed by atoms with Gasteiger partial charge in [-0.2, -0.15) is 5.10 Å². The summed E-state index contributed by atoms with van der Waals surface area (Å²) in [5.41, 5.74) is 4.33. The summed E-state index contributed by atoms with van der Waals surface area (Å²) in [5, 5.41) is 4.91. The average molecular weight is 734 g/mol. The number of carbonyl (C=O) groups excluding carboxylic acids is 2. The van der Waals surface area contributed by atoms with Crippen molar-refractivity contribution in [2.75, 3.05) is 37.5 Å². The Balaban J connectivity index is 1.25. The Bertz CT molecular complexity index is 1950. The molecule has 272 valence electrons. The van der Waals surface area contributed by atoms with Crippen LogP contribution >= 0.6 is 11.6 Å². The third-order valence-corrected chi connectivity index (χ3v) is 13.5. The lowest BCUT2D eigenvalue weighted by atomic mass is 9.68. The van der Waals surface area contributed by atoms with Crippen molar-refractivity contribution in [1.82, 2.24) is 14.5 Å². The zero-order valence-corrected chi connectivity index (χ0v) is 31.3. The van der Waals surface area contributed by atoms with Gasteiger partial charge in [0.1, 0.15) is 15.7 Å². The van der Waals surface area contributed by atoms with Crippen LogP contribution in [0.5, 0.6) is 5.75 Å². The maximum atomic E-state index is 14.5. The maximum absolute atomic E-state index is 14.5. The molecule has 2 amide bonds. The number of nitrogens with one attached hydrogen (secondary N) is 1. The molecule has 2 aromatic carbocycles. The van der Waals surface area contributed by atoms with Crippen molar-refractivity contribution in [3.8, 4) is 5.75 Å². The number of carbonyl (C=O) groups is 2. The van der Waals surface area contributed by atoms with Crippen LogP contribution < -0.4 is 14.4 Å². The first kappa shape index (κ1) is 35.7. The number of fused-ring (bicyclic) bond motifs is 4. The van der Waals surface area contributed by atoms with Gasteiger partial charge in [-0.1, -0.05) is 36.7 Å². The number of ether oxygens (including phenoxy) is 2. The van der Waals surface area contributed by atoms with Gasteiger partial charge in [-0.05, 0) is 110 Å². The molecule has 51 heavy (non-hydrogen) atoms. The van der Waals surface area contributed by atoms with Crippen LogP contribution in [0.25, 0.3) is 0 Å². The first-order valence-electron chi connectivity index (χ1n) is 18.1. The fourth-order valence-electron chi connectivity index (χ4n) is 8.46. The second kappa shape index (κ2) is 14.8. The van der Waals surface area contributed by atoms with Crippen molar-refractivity contribution < 1.29 is 23.3 Å². The van der Waals surface area contributed by atoms with Crippen LogP contribution in [0.15, 0.2) is 65.3 Å². The monoisotopic (exact) mass is 733 g/mol. The van der Waals surface area contributed by atoms with Gasteiger partial charge in [0.05, 0.1) is 30.3 Å². The number of benzene rings is 2. The van der Waals surface area contributed by atoms with Gasteiger partial charge in [0.25, 0.3) is 5.91 Å². The number of methoxy groups -OCH3 is 1. The second-order valence-corrected chi connectivity index (χ2v) is 17.4. The third-order valence-electron chi connectivity index (χ3n) is 11.2. The van der Waals surface area contributed by atoms with Crippen LogP contribution in [-0.4, -0.2) is 64.5 Å². The van der Waals surface area contributed by atoms with E-state index in [1.807, 2.05) is 38.4 Å². The van der Waals surface area contributed by atoms with E-state index >= 15 is 0 Å². The molecule has 3 aromatic rings. The van der Waals surface area contributed by atoms with Gasteiger partial charge < -0.3 is 14.4 Å². The number of amides is 2. The molecule has 0 saturated heterocycles. The predicted molar refractivity (Wildman–Crippen MR) is 200 cm³/mol. The Morgan fingerprint density at radius 1 is 1.22 bits per heavy atom. The standard InChI is InChI=1S/C39H48ClN5O5S/c1-26-6-4-8-35(49-3)32-13-10-30(32)22-45-24-39(17-5-7-28-18-31(40)12-14-33(28)39)25-50-36-15-11-29(19-34(36)45)38(47)43-51(48,23-26)42-37(46)16-9-27-20-41-44(2)21-27/h4,8,11-12,14-15,18-21,26,30,32,35H,5-7,9-10,13,16-17,22-25H2,1-3H3,(H,42,43,46,47,48)/b8-4+/t26-,30-,32+,35-,39-,51+/m0/s1. The van der Waals surface area contributed by atoms with Crippen molar-refractivity contribution in [3.05, 3.63) is 88.2 Å². The summed E-state index contributed by atoms with van der Waals surface area (Å²) in [5.74, 6) is 0.327. The van der Waals surface area contributed by atoms with E-state index in [1.54, 1.807) is 24.1 Å². The molecule has 0 radical (unpaired) electrons. The summed E-state index contributed by atoms with van der Waals surface area (Å²) in [7, 11) is 0.127. The molecule has 1 spiro atoms. The number of allylic oxidation sites excluding steroid dienone is 1. The van der Waals surface area contributed by atoms with Crippen LogP contribution in [0.3, 0.4) is 0 Å². The van der Waals surface area contributed by atoms with Gasteiger partial charge in [0.2, 0.25) is 5.91 Å². The van der Waals surface area contributed by atoms with Crippen LogP contribution in [0.4, 0.5) is 5.69 Å². The molecule has 12 heteroatoms.